The molecule has 0 saturated heterocycles. The molecule has 0 N–H and O–H groups in total. The third-order valence-electron chi connectivity index (χ3n) is 1.27. The molecule has 1 nitrogen and oxygen atoms in total. The van der Waals surface area contributed by atoms with E-state index in [2.05, 4.69) is 22.9 Å². The monoisotopic (exact) mass is 208 g/mol. The van der Waals surface area contributed by atoms with Gasteiger partial charge >= 0.3 is 0 Å². The van der Waals surface area contributed by atoms with Crippen LogP contribution in [0.1, 0.15) is 32.6 Å². The van der Waals surface area contributed by atoms with Crippen molar-refractivity contribution in [2.45, 2.75) is 32.6 Å². The molecule has 0 aromatic carbocycles. The maximum Gasteiger partial charge on any atom is 0.0466 e. The fraction of sp³-hybridized carbons (Fsp3) is 1.00. The Hall–Kier alpha value is 0.440. The van der Waals surface area contributed by atoms with Gasteiger partial charge in [0.1, 0.15) is 0 Å². The van der Waals surface area contributed by atoms with Crippen LogP contribution in [-0.2, 0) is 4.74 Å². The SMILES string of the molecule is CCCOCCCCCBr. The van der Waals surface area contributed by atoms with Crippen molar-refractivity contribution in [2.75, 3.05) is 18.5 Å². The van der Waals surface area contributed by atoms with Gasteiger partial charge in [-0.1, -0.05) is 29.3 Å². The minimum absolute atomic E-state index is 0.925. The number of ether oxygens (including phenoxy) is 1. The second-order valence-corrected chi connectivity index (χ2v) is 3.16. The van der Waals surface area contributed by atoms with Crippen LogP contribution < -0.4 is 0 Å². The average molecular weight is 209 g/mol. The normalized spacial score (nSPS) is 10.2. The van der Waals surface area contributed by atoms with Crippen LogP contribution in [0, 0.1) is 0 Å². The van der Waals surface area contributed by atoms with Crippen molar-refractivity contribution in [3.63, 3.8) is 0 Å². The van der Waals surface area contributed by atoms with E-state index >= 15 is 0 Å². The minimum Gasteiger partial charge on any atom is -0.381 e. The van der Waals surface area contributed by atoms with Gasteiger partial charge in [0.15, 0.2) is 0 Å². The Morgan fingerprint density at radius 1 is 1.10 bits per heavy atom. The molecule has 0 aliphatic rings. The van der Waals surface area contributed by atoms with E-state index in [9.17, 15) is 0 Å². The van der Waals surface area contributed by atoms with Crippen LogP contribution in [0.3, 0.4) is 0 Å². The van der Waals surface area contributed by atoms with Gasteiger partial charge in [-0.25, -0.2) is 0 Å². The second-order valence-electron chi connectivity index (χ2n) is 2.36. The summed E-state index contributed by atoms with van der Waals surface area (Å²) >= 11 is 3.39. The summed E-state index contributed by atoms with van der Waals surface area (Å²) in [5.41, 5.74) is 0. The first kappa shape index (κ1) is 10.4. The molecule has 0 atom stereocenters. The highest BCUT2D eigenvalue weighted by molar-refractivity contribution is 9.09. The third-order valence-corrected chi connectivity index (χ3v) is 1.83. The molecule has 2 heteroatoms. The number of hydrogen-bond donors (Lipinski definition) is 0. The predicted octanol–water partition coefficient (Wildman–Crippen LogP) is 2.98. The van der Waals surface area contributed by atoms with Gasteiger partial charge < -0.3 is 4.74 Å². The molecule has 0 aromatic rings. The Morgan fingerprint density at radius 3 is 2.50 bits per heavy atom. The summed E-state index contributed by atoms with van der Waals surface area (Å²) in [7, 11) is 0. The highest BCUT2D eigenvalue weighted by atomic mass is 79.9. The van der Waals surface area contributed by atoms with Crippen LogP contribution in [-0.4, -0.2) is 18.5 Å². The van der Waals surface area contributed by atoms with Gasteiger partial charge in [0.25, 0.3) is 0 Å². The topological polar surface area (TPSA) is 9.23 Å². The number of rotatable bonds is 7. The molecule has 10 heavy (non-hydrogen) atoms. The van der Waals surface area contributed by atoms with Crippen molar-refractivity contribution < 1.29 is 4.74 Å². The zero-order valence-electron chi connectivity index (χ0n) is 6.74. The molecule has 0 aliphatic carbocycles. The Kier molecular flexibility index (Phi) is 9.86. The number of halogens is 1. The lowest BCUT2D eigenvalue weighted by Crippen LogP contribution is -1.95. The fourth-order valence-corrected chi connectivity index (χ4v) is 1.12. The van der Waals surface area contributed by atoms with E-state index in [1.165, 1.54) is 19.3 Å². The Morgan fingerprint density at radius 2 is 1.90 bits per heavy atom. The molecule has 0 amide bonds. The van der Waals surface area contributed by atoms with Gasteiger partial charge in [-0.3, -0.25) is 0 Å². The largest absolute Gasteiger partial charge is 0.381 e. The van der Waals surface area contributed by atoms with Gasteiger partial charge in [-0.05, 0) is 19.3 Å². The van der Waals surface area contributed by atoms with Gasteiger partial charge in [0.2, 0.25) is 0 Å². The van der Waals surface area contributed by atoms with Gasteiger partial charge in [0.05, 0.1) is 0 Å². The Bertz CT molecular complexity index is 49.2. The first-order valence-corrected chi connectivity index (χ1v) is 5.17. The average Bonchev–Trinajstić information content (AvgIpc) is 1.97. The lowest BCUT2D eigenvalue weighted by Gasteiger charge is -2.00. The molecule has 0 rings (SSSR count). The highest BCUT2D eigenvalue weighted by Gasteiger charge is 1.87. The summed E-state index contributed by atoms with van der Waals surface area (Å²) in [5.74, 6) is 0. The van der Waals surface area contributed by atoms with Crippen molar-refractivity contribution in [3.05, 3.63) is 0 Å². The standard InChI is InChI=1S/C8H17BrO/c1-2-7-10-8-5-3-4-6-9/h2-8H2,1H3. The van der Waals surface area contributed by atoms with Crippen molar-refractivity contribution >= 4 is 15.9 Å². The molecular formula is C8H17BrO. The zero-order chi connectivity index (χ0) is 7.66. The van der Waals surface area contributed by atoms with Crippen molar-refractivity contribution in [3.8, 4) is 0 Å². The van der Waals surface area contributed by atoms with E-state index < -0.39 is 0 Å². The van der Waals surface area contributed by atoms with Gasteiger partial charge in [0, 0.05) is 18.5 Å². The summed E-state index contributed by atoms with van der Waals surface area (Å²) < 4.78 is 5.31. The number of alkyl halides is 1. The van der Waals surface area contributed by atoms with E-state index in [-0.39, 0.29) is 0 Å². The first-order chi connectivity index (χ1) is 4.91. The van der Waals surface area contributed by atoms with Gasteiger partial charge in [-0.2, -0.15) is 0 Å². The molecule has 0 unspecified atom stereocenters. The lowest BCUT2D eigenvalue weighted by atomic mass is 10.3. The Labute approximate surface area is 72.3 Å². The lowest BCUT2D eigenvalue weighted by molar-refractivity contribution is 0.131. The second kappa shape index (κ2) is 9.44. The van der Waals surface area contributed by atoms with Gasteiger partial charge in [-0.15, -0.1) is 0 Å². The molecule has 0 heterocycles. The van der Waals surface area contributed by atoms with Crippen LogP contribution in [0.25, 0.3) is 0 Å². The van der Waals surface area contributed by atoms with Crippen LogP contribution in [0.4, 0.5) is 0 Å². The predicted molar refractivity (Wildman–Crippen MR) is 48.8 cm³/mol. The maximum atomic E-state index is 5.31. The summed E-state index contributed by atoms with van der Waals surface area (Å²) in [6.07, 6.45) is 4.91. The molecule has 62 valence electrons. The van der Waals surface area contributed by atoms with Crippen molar-refractivity contribution in [1.29, 1.82) is 0 Å². The molecule has 0 fully saturated rings. The van der Waals surface area contributed by atoms with Crippen LogP contribution >= 0.6 is 15.9 Å². The van der Waals surface area contributed by atoms with E-state index in [1.54, 1.807) is 0 Å². The smallest absolute Gasteiger partial charge is 0.0466 e. The molecule has 0 aromatic heterocycles. The zero-order valence-corrected chi connectivity index (χ0v) is 8.32. The maximum absolute atomic E-state index is 5.31. The number of unbranched alkanes of at least 4 members (excludes halogenated alkanes) is 2. The van der Waals surface area contributed by atoms with Crippen molar-refractivity contribution in [2.24, 2.45) is 0 Å². The van der Waals surface area contributed by atoms with Crippen molar-refractivity contribution in [1.82, 2.24) is 0 Å². The third kappa shape index (κ3) is 8.44. The first-order valence-electron chi connectivity index (χ1n) is 4.05. The summed E-state index contributed by atoms with van der Waals surface area (Å²) in [4.78, 5) is 0. The summed E-state index contributed by atoms with van der Waals surface area (Å²) in [6, 6.07) is 0. The fourth-order valence-electron chi connectivity index (χ4n) is 0.722. The molecule has 0 spiro atoms. The summed E-state index contributed by atoms with van der Waals surface area (Å²) in [5, 5.41) is 1.13. The van der Waals surface area contributed by atoms with Crippen LogP contribution in [0.5, 0.6) is 0 Å². The summed E-state index contributed by atoms with van der Waals surface area (Å²) in [6.45, 7) is 4.01. The van der Waals surface area contributed by atoms with E-state index in [0.29, 0.717) is 0 Å². The Balaban J connectivity index is 2.65. The minimum atomic E-state index is 0.925. The quantitative estimate of drug-likeness (QED) is 0.462. The van der Waals surface area contributed by atoms with Crippen LogP contribution in [0.2, 0.25) is 0 Å². The molecule has 0 aliphatic heterocycles. The highest BCUT2D eigenvalue weighted by Crippen LogP contribution is 1.98. The van der Waals surface area contributed by atoms with E-state index in [0.717, 1.165) is 25.0 Å². The molecule has 0 radical (unpaired) electrons. The number of hydrogen-bond acceptors (Lipinski definition) is 1. The molecule has 0 saturated carbocycles. The van der Waals surface area contributed by atoms with Crippen LogP contribution in [0.15, 0.2) is 0 Å². The van der Waals surface area contributed by atoms with E-state index in [1.807, 2.05) is 0 Å². The molecule has 0 bridgehead atoms. The van der Waals surface area contributed by atoms with E-state index in [4.69, 9.17) is 4.74 Å². The molecular weight excluding hydrogens is 192 g/mol.